The van der Waals surface area contributed by atoms with Crippen LogP contribution in [0.4, 0.5) is 0 Å². The van der Waals surface area contributed by atoms with Crippen LogP contribution in [0.15, 0.2) is 12.5 Å². The first-order valence-corrected chi connectivity index (χ1v) is 8.83. The second-order valence-corrected chi connectivity index (χ2v) is 6.91. The van der Waals surface area contributed by atoms with Crippen LogP contribution in [-0.4, -0.2) is 50.6 Å². The second-order valence-electron chi connectivity index (χ2n) is 6.91. The molecule has 1 aliphatic carbocycles. The zero-order valence-electron chi connectivity index (χ0n) is 13.8. The van der Waals surface area contributed by atoms with Crippen molar-refractivity contribution in [3.05, 3.63) is 35.2 Å². The number of carbonyl (C=O) groups excluding carboxylic acids is 1. The summed E-state index contributed by atoms with van der Waals surface area (Å²) in [6.07, 6.45) is 9.04. The van der Waals surface area contributed by atoms with Crippen LogP contribution in [0.25, 0.3) is 0 Å². The number of piperidine rings is 1. The molecule has 0 unspecified atom stereocenters. The number of aryl methyl sites for hydroxylation is 1. The van der Waals surface area contributed by atoms with Crippen LogP contribution in [-0.2, 0) is 19.4 Å². The highest BCUT2D eigenvalue weighted by Crippen LogP contribution is 2.23. The molecule has 0 aromatic carbocycles. The van der Waals surface area contributed by atoms with Gasteiger partial charge in [-0.05, 0) is 44.6 Å². The molecular weight excluding hydrogens is 304 g/mol. The average Bonchev–Trinajstić information content (AvgIpc) is 3.30. The predicted octanol–water partition coefficient (Wildman–Crippen LogP) is 1.26. The first-order valence-electron chi connectivity index (χ1n) is 8.83. The van der Waals surface area contributed by atoms with Crippen molar-refractivity contribution in [3.63, 3.8) is 0 Å². The zero-order valence-corrected chi connectivity index (χ0v) is 13.8. The minimum Gasteiger partial charge on any atom is -0.350 e. The van der Waals surface area contributed by atoms with Crippen LogP contribution < -0.4 is 5.32 Å². The lowest BCUT2D eigenvalue weighted by Crippen LogP contribution is -2.40. The van der Waals surface area contributed by atoms with Crippen molar-refractivity contribution < 1.29 is 4.79 Å². The molecule has 1 aliphatic heterocycles. The summed E-state index contributed by atoms with van der Waals surface area (Å²) in [5, 5.41) is 10.3. The number of rotatable bonds is 5. The number of H-pyrrole nitrogens is 2. The lowest BCUT2D eigenvalue weighted by molar-refractivity contribution is 0.0924. The highest BCUT2D eigenvalue weighted by Gasteiger charge is 2.25. The van der Waals surface area contributed by atoms with E-state index in [2.05, 4.69) is 30.4 Å². The molecule has 1 saturated heterocycles. The van der Waals surface area contributed by atoms with Crippen molar-refractivity contribution in [1.29, 1.82) is 0 Å². The number of hydrogen-bond acceptors (Lipinski definition) is 4. The van der Waals surface area contributed by atoms with Crippen molar-refractivity contribution in [3.8, 4) is 0 Å². The Balaban J connectivity index is 1.29. The quantitative estimate of drug-likeness (QED) is 0.771. The van der Waals surface area contributed by atoms with E-state index in [9.17, 15) is 4.79 Å². The van der Waals surface area contributed by atoms with E-state index in [0.29, 0.717) is 11.6 Å². The van der Waals surface area contributed by atoms with Gasteiger partial charge in [0.1, 0.15) is 0 Å². The molecule has 7 nitrogen and oxygen atoms in total. The van der Waals surface area contributed by atoms with Gasteiger partial charge in [-0.25, -0.2) is 4.98 Å². The number of amides is 1. The van der Waals surface area contributed by atoms with Crippen LogP contribution in [0, 0.1) is 5.92 Å². The highest BCUT2D eigenvalue weighted by atomic mass is 16.1. The summed E-state index contributed by atoms with van der Waals surface area (Å²) < 4.78 is 0. The van der Waals surface area contributed by atoms with Gasteiger partial charge in [0.05, 0.1) is 6.33 Å². The van der Waals surface area contributed by atoms with Gasteiger partial charge in [-0.1, -0.05) is 0 Å². The van der Waals surface area contributed by atoms with E-state index < -0.39 is 0 Å². The topological polar surface area (TPSA) is 89.7 Å². The highest BCUT2D eigenvalue weighted by molar-refractivity contribution is 5.94. The van der Waals surface area contributed by atoms with Gasteiger partial charge < -0.3 is 10.3 Å². The molecule has 128 valence electrons. The summed E-state index contributed by atoms with van der Waals surface area (Å²) in [6, 6.07) is 0. The van der Waals surface area contributed by atoms with Crippen molar-refractivity contribution in [2.75, 3.05) is 19.6 Å². The monoisotopic (exact) mass is 328 g/mol. The van der Waals surface area contributed by atoms with Crippen molar-refractivity contribution in [2.45, 2.75) is 38.6 Å². The Bertz CT molecular complexity index is 692. The molecule has 0 spiro atoms. The van der Waals surface area contributed by atoms with Crippen LogP contribution in [0.3, 0.4) is 0 Å². The molecule has 7 heteroatoms. The van der Waals surface area contributed by atoms with Crippen molar-refractivity contribution in [1.82, 2.24) is 30.4 Å². The van der Waals surface area contributed by atoms with Crippen LogP contribution in [0.5, 0.6) is 0 Å². The lowest BCUT2D eigenvalue weighted by atomic mass is 9.97. The second kappa shape index (κ2) is 6.76. The van der Waals surface area contributed by atoms with Gasteiger partial charge in [0, 0.05) is 42.8 Å². The summed E-state index contributed by atoms with van der Waals surface area (Å²) in [6.45, 7) is 3.74. The molecule has 3 N–H and O–H groups in total. The third-order valence-corrected chi connectivity index (χ3v) is 5.12. The van der Waals surface area contributed by atoms with Crippen LogP contribution in [0.1, 0.15) is 46.7 Å². The molecule has 4 rings (SSSR count). The minimum atomic E-state index is -0.0277. The summed E-state index contributed by atoms with van der Waals surface area (Å²) in [5.41, 5.74) is 4.01. The maximum Gasteiger partial charge on any atom is 0.272 e. The average molecular weight is 328 g/mol. The Morgan fingerprint density at radius 3 is 3.21 bits per heavy atom. The summed E-state index contributed by atoms with van der Waals surface area (Å²) in [4.78, 5) is 22.1. The fourth-order valence-electron chi connectivity index (χ4n) is 3.90. The van der Waals surface area contributed by atoms with Gasteiger partial charge >= 0.3 is 0 Å². The SMILES string of the molecule is O=C(NC[C@H]1CCCN(Cc2cnc[nH]2)C1)c1n[nH]c2c1CCC2. The Kier molecular flexibility index (Phi) is 4.34. The Morgan fingerprint density at radius 2 is 2.33 bits per heavy atom. The van der Waals surface area contributed by atoms with Crippen molar-refractivity contribution in [2.24, 2.45) is 5.92 Å². The lowest BCUT2D eigenvalue weighted by Gasteiger charge is -2.32. The number of imidazole rings is 1. The molecule has 0 radical (unpaired) electrons. The Morgan fingerprint density at radius 1 is 1.38 bits per heavy atom. The molecule has 2 aliphatic rings. The number of aromatic nitrogens is 4. The Labute approximate surface area is 141 Å². The molecule has 1 atom stereocenters. The third-order valence-electron chi connectivity index (χ3n) is 5.12. The van der Waals surface area contributed by atoms with E-state index in [-0.39, 0.29) is 5.91 Å². The van der Waals surface area contributed by atoms with Crippen LogP contribution in [0.2, 0.25) is 0 Å². The molecular formula is C17H24N6O. The molecule has 2 aromatic heterocycles. The van der Waals surface area contributed by atoms with E-state index in [4.69, 9.17) is 0 Å². The van der Waals surface area contributed by atoms with Gasteiger partial charge in [-0.2, -0.15) is 5.10 Å². The predicted molar refractivity (Wildman–Crippen MR) is 89.5 cm³/mol. The van der Waals surface area contributed by atoms with Gasteiger partial charge in [0.15, 0.2) is 5.69 Å². The largest absolute Gasteiger partial charge is 0.350 e. The van der Waals surface area contributed by atoms with Crippen molar-refractivity contribution >= 4 is 5.91 Å². The number of hydrogen-bond donors (Lipinski definition) is 3. The molecule has 1 amide bonds. The number of nitrogens with one attached hydrogen (secondary N) is 3. The third kappa shape index (κ3) is 3.21. The number of fused-ring (bicyclic) bond motifs is 1. The van der Waals surface area contributed by atoms with Gasteiger partial charge in [0.25, 0.3) is 5.91 Å². The first-order chi connectivity index (χ1) is 11.8. The molecule has 24 heavy (non-hydrogen) atoms. The van der Waals surface area contributed by atoms with Crippen LogP contribution >= 0.6 is 0 Å². The zero-order chi connectivity index (χ0) is 16.4. The summed E-state index contributed by atoms with van der Waals surface area (Å²) in [5.74, 6) is 0.470. The Hall–Kier alpha value is -2.15. The maximum absolute atomic E-state index is 12.4. The maximum atomic E-state index is 12.4. The number of carbonyl (C=O) groups is 1. The summed E-state index contributed by atoms with van der Waals surface area (Å²) in [7, 11) is 0. The van der Waals surface area contributed by atoms with Gasteiger partial charge in [0.2, 0.25) is 0 Å². The van der Waals surface area contributed by atoms with E-state index in [1.165, 1.54) is 12.8 Å². The van der Waals surface area contributed by atoms with E-state index in [0.717, 1.165) is 62.4 Å². The molecule has 0 bridgehead atoms. The fourth-order valence-corrected chi connectivity index (χ4v) is 3.90. The number of aromatic amines is 2. The molecule has 1 fully saturated rings. The minimum absolute atomic E-state index is 0.0277. The molecule has 2 aromatic rings. The molecule has 3 heterocycles. The fraction of sp³-hybridized carbons (Fsp3) is 0.588. The van der Waals surface area contributed by atoms with E-state index >= 15 is 0 Å². The van der Waals surface area contributed by atoms with E-state index in [1.807, 2.05) is 6.20 Å². The molecule has 0 saturated carbocycles. The normalized spacial score (nSPS) is 20.9. The van der Waals surface area contributed by atoms with Gasteiger partial charge in [-0.3, -0.25) is 14.8 Å². The number of nitrogens with zero attached hydrogens (tertiary/aromatic N) is 3. The van der Waals surface area contributed by atoms with Gasteiger partial charge in [-0.15, -0.1) is 0 Å². The standard InChI is InChI=1S/C17H24N6O/c24-17(16-14-4-1-5-15(14)21-22-16)19-7-12-3-2-6-23(9-12)10-13-8-18-11-20-13/h8,11-12H,1-7,9-10H2,(H,18,20)(H,19,24)(H,21,22)/t12-/m1/s1. The smallest absolute Gasteiger partial charge is 0.272 e. The number of likely N-dealkylation sites (tertiary alicyclic amines) is 1. The first kappa shape index (κ1) is 15.4. The summed E-state index contributed by atoms with van der Waals surface area (Å²) >= 11 is 0. The van der Waals surface area contributed by atoms with E-state index in [1.54, 1.807) is 6.33 Å².